The first-order valence-corrected chi connectivity index (χ1v) is 8.55. The molecule has 1 heterocycles. The molecule has 0 radical (unpaired) electrons. The zero-order valence-corrected chi connectivity index (χ0v) is 14.7. The predicted molar refractivity (Wildman–Crippen MR) is 88.7 cm³/mol. The number of nitrogens with zero attached hydrogens (tertiary/aromatic N) is 1. The van der Waals surface area contributed by atoms with Crippen molar-refractivity contribution < 1.29 is 14.3 Å². The second-order valence-corrected chi connectivity index (χ2v) is 7.25. The number of hydrogen-bond donors (Lipinski definition) is 0. The lowest BCUT2D eigenvalue weighted by Crippen LogP contribution is -2.66. The van der Waals surface area contributed by atoms with E-state index in [1.165, 1.54) is 0 Å². The van der Waals surface area contributed by atoms with Gasteiger partial charge in [-0.25, -0.2) is 4.79 Å². The van der Waals surface area contributed by atoms with Crippen LogP contribution in [-0.4, -0.2) is 35.5 Å². The van der Waals surface area contributed by atoms with Crippen LogP contribution in [0.15, 0.2) is 18.2 Å². The fourth-order valence-corrected chi connectivity index (χ4v) is 3.83. The molecule has 0 aromatic heterocycles. The minimum atomic E-state index is -0.860. The lowest BCUT2D eigenvalue weighted by molar-refractivity contribution is -0.174. The van der Waals surface area contributed by atoms with Crippen molar-refractivity contribution in [3.63, 3.8) is 0 Å². The van der Waals surface area contributed by atoms with Gasteiger partial charge in [-0.2, -0.15) is 0 Å². The van der Waals surface area contributed by atoms with Crippen LogP contribution in [0.4, 0.5) is 0 Å². The van der Waals surface area contributed by atoms with Crippen LogP contribution in [0.3, 0.4) is 0 Å². The SMILES string of the molecule is CCOC(=O)C1(C)CCN1C(=O)C1(c2ccc(Cl)cc2Cl)CC1. The fourth-order valence-electron chi connectivity index (χ4n) is 3.24. The molecule has 1 atom stereocenters. The number of hydrogen-bond acceptors (Lipinski definition) is 3. The Kier molecular flexibility index (Phi) is 4.09. The van der Waals surface area contributed by atoms with Crippen molar-refractivity contribution in [2.24, 2.45) is 0 Å². The van der Waals surface area contributed by atoms with Crippen LogP contribution in [0.1, 0.15) is 38.7 Å². The molecule has 2 aliphatic rings. The number of esters is 1. The summed E-state index contributed by atoms with van der Waals surface area (Å²) in [5.41, 5.74) is -0.677. The van der Waals surface area contributed by atoms with E-state index in [4.69, 9.17) is 27.9 Å². The second-order valence-electron chi connectivity index (χ2n) is 6.41. The highest BCUT2D eigenvalue weighted by atomic mass is 35.5. The number of ether oxygens (including phenoxy) is 1. The molecule has 1 saturated carbocycles. The van der Waals surface area contributed by atoms with E-state index in [9.17, 15) is 9.59 Å². The van der Waals surface area contributed by atoms with Crippen LogP contribution >= 0.6 is 23.2 Å². The summed E-state index contributed by atoms with van der Waals surface area (Å²) in [7, 11) is 0. The van der Waals surface area contributed by atoms with Crippen LogP contribution < -0.4 is 0 Å². The minimum absolute atomic E-state index is 0.0384. The number of likely N-dealkylation sites (tertiary alicyclic amines) is 1. The highest BCUT2D eigenvalue weighted by molar-refractivity contribution is 6.35. The third kappa shape index (κ3) is 2.52. The zero-order valence-electron chi connectivity index (χ0n) is 13.2. The quantitative estimate of drug-likeness (QED) is 0.775. The lowest BCUT2D eigenvalue weighted by atomic mass is 9.83. The van der Waals surface area contributed by atoms with Crippen molar-refractivity contribution in [2.75, 3.05) is 13.2 Å². The first-order valence-electron chi connectivity index (χ1n) is 7.80. The van der Waals surface area contributed by atoms with Gasteiger partial charge in [0.15, 0.2) is 0 Å². The Labute approximate surface area is 145 Å². The lowest BCUT2D eigenvalue weighted by Gasteiger charge is -2.49. The number of carbonyl (C=O) groups excluding carboxylic acids is 2. The Morgan fingerprint density at radius 1 is 1.26 bits per heavy atom. The van der Waals surface area contributed by atoms with E-state index in [0.717, 1.165) is 18.4 Å². The van der Waals surface area contributed by atoms with Gasteiger partial charge in [0.2, 0.25) is 5.91 Å². The van der Waals surface area contributed by atoms with Gasteiger partial charge in [0.05, 0.1) is 12.0 Å². The Hall–Kier alpha value is -1.26. The van der Waals surface area contributed by atoms with Crippen LogP contribution in [0.5, 0.6) is 0 Å². The van der Waals surface area contributed by atoms with Gasteiger partial charge < -0.3 is 9.64 Å². The van der Waals surface area contributed by atoms with Crippen molar-refractivity contribution >= 4 is 35.1 Å². The van der Waals surface area contributed by atoms with Crippen molar-refractivity contribution in [3.05, 3.63) is 33.8 Å². The van der Waals surface area contributed by atoms with Crippen molar-refractivity contribution in [1.29, 1.82) is 0 Å². The molecule has 0 N–H and O–H groups in total. The summed E-state index contributed by atoms with van der Waals surface area (Å²) in [5.74, 6) is -0.374. The minimum Gasteiger partial charge on any atom is -0.464 e. The second kappa shape index (κ2) is 5.67. The molecule has 1 unspecified atom stereocenters. The van der Waals surface area contributed by atoms with E-state index in [1.807, 2.05) is 6.07 Å². The van der Waals surface area contributed by atoms with Gasteiger partial charge in [0, 0.05) is 16.6 Å². The maximum atomic E-state index is 13.1. The van der Waals surface area contributed by atoms with Crippen LogP contribution in [-0.2, 0) is 19.7 Å². The molecule has 1 amide bonds. The third-order valence-corrected chi connectivity index (χ3v) is 5.53. The summed E-state index contributed by atoms with van der Waals surface area (Å²) >= 11 is 12.2. The molecule has 0 spiro atoms. The summed E-state index contributed by atoms with van der Waals surface area (Å²) in [4.78, 5) is 26.9. The van der Waals surface area contributed by atoms with Gasteiger partial charge >= 0.3 is 5.97 Å². The van der Waals surface area contributed by atoms with E-state index < -0.39 is 11.0 Å². The molecular formula is C17H19Cl2NO3. The molecule has 0 bridgehead atoms. The van der Waals surface area contributed by atoms with Gasteiger partial charge in [-0.05, 0) is 50.8 Å². The summed E-state index contributed by atoms with van der Waals surface area (Å²) in [6, 6.07) is 5.22. The summed E-state index contributed by atoms with van der Waals surface area (Å²) in [6.07, 6.45) is 2.10. The topological polar surface area (TPSA) is 46.6 Å². The number of benzene rings is 1. The third-order valence-electron chi connectivity index (χ3n) is 4.98. The van der Waals surface area contributed by atoms with Crippen molar-refractivity contribution in [3.8, 4) is 0 Å². The molecule has 1 aliphatic carbocycles. The van der Waals surface area contributed by atoms with Crippen molar-refractivity contribution in [2.45, 2.75) is 44.1 Å². The number of carbonyl (C=O) groups is 2. The number of amides is 1. The molecule has 2 fully saturated rings. The molecule has 124 valence electrons. The Morgan fingerprint density at radius 2 is 1.96 bits per heavy atom. The summed E-state index contributed by atoms with van der Waals surface area (Å²) in [6.45, 7) is 4.42. The van der Waals surface area contributed by atoms with E-state index in [1.54, 1.807) is 30.9 Å². The Bertz CT molecular complexity index is 672. The van der Waals surface area contributed by atoms with Gasteiger partial charge in [-0.1, -0.05) is 29.3 Å². The van der Waals surface area contributed by atoms with E-state index in [0.29, 0.717) is 29.6 Å². The van der Waals surface area contributed by atoms with Gasteiger partial charge in [-0.15, -0.1) is 0 Å². The van der Waals surface area contributed by atoms with Crippen LogP contribution in [0.2, 0.25) is 10.0 Å². The highest BCUT2D eigenvalue weighted by Gasteiger charge is 2.60. The van der Waals surface area contributed by atoms with E-state index >= 15 is 0 Å². The van der Waals surface area contributed by atoms with Gasteiger partial charge in [-0.3, -0.25) is 4.79 Å². The average molecular weight is 356 g/mol. The largest absolute Gasteiger partial charge is 0.464 e. The number of halogens is 2. The molecule has 4 nitrogen and oxygen atoms in total. The smallest absolute Gasteiger partial charge is 0.331 e. The number of rotatable bonds is 4. The molecule has 6 heteroatoms. The monoisotopic (exact) mass is 355 g/mol. The normalized spacial score (nSPS) is 24.8. The van der Waals surface area contributed by atoms with Gasteiger partial charge in [0.1, 0.15) is 5.54 Å². The first kappa shape index (κ1) is 16.6. The van der Waals surface area contributed by atoms with Crippen LogP contribution in [0, 0.1) is 0 Å². The maximum Gasteiger partial charge on any atom is 0.331 e. The molecule has 1 aromatic rings. The Morgan fingerprint density at radius 3 is 2.43 bits per heavy atom. The maximum absolute atomic E-state index is 13.1. The zero-order chi connectivity index (χ0) is 16.8. The summed E-state index contributed by atoms with van der Waals surface area (Å²) < 4.78 is 5.13. The molecule has 23 heavy (non-hydrogen) atoms. The predicted octanol–water partition coefficient (Wildman–Crippen LogP) is 3.58. The fraction of sp³-hybridized carbons (Fsp3) is 0.529. The summed E-state index contributed by atoms with van der Waals surface area (Å²) in [5, 5.41) is 1.05. The molecule has 1 aliphatic heterocycles. The van der Waals surface area contributed by atoms with Crippen molar-refractivity contribution in [1.82, 2.24) is 4.90 Å². The standard InChI is InChI=1S/C17H19Cl2NO3/c1-3-23-15(22)16(2)8-9-20(16)14(21)17(6-7-17)12-5-4-11(18)10-13(12)19/h4-5,10H,3,6-9H2,1-2H3. The van der Waals surface area contributed by atoms with E-state index in [-0.39, 0.29) is 11.9 Å². The molecule has 1 saturated heterocycles. The highest BCUT2D eigenvalue weighted by Crippen LogP contribution is 2.54. The molecular weight excluding hydrogens is 337 g/mol. The first-order chi connectivity index (χ1) is 10.8. The van der Waals surface area contributed by atoms with Gasteiger partial charge in [0.25, 0.3) is 0 Å². The molecule has 1 aromatic carbocycles. The Balaban J connectivity index is 1.87. The van der Waals surface area contributed by atoms with E-state index in [2.05, 4.69) is 0 Å². The van der Waals surface area contributed by atoms with Crippen LogP contribution in [0.25, 0.3) is 0 Å². The molecule has 3 rings (SSSR count). The average Bonchev–Trinajstić information content (AvgIpc) is 3.27.